The molecule has 0 radical (unpaired) electrons. The third-order valence-corrected chi connectivity index (χ3v) is 4.60. The van der Waals surface area contributed by atoms with E-state index < -0.39 is 11.8 Å². The maximum absolute atomic E-state index is 12.3. The van der Waals surface area contributed by atoms with Gasteiger partial charge in [0, 0.05) is 5.56 Å². The number of nitrogens with one attached hydrogen (secondary N) is 3. The Hall–Kier alpha value is -2.65. The first-order valence-corrected chi connectivity index (χ1v) is 10.6. The summed E-state index contributed by atoms with van der Waals surface area (Å²) >= 11 is 8.46. The molecular formula is C21H24BrN3O4S. The minimum absolute atomic E-state index is 0.00584. The average Bonchev–Trinajstić information content (AvgIpc) is 2.71. The lowest BCUT2D eigenvalue weighted by Crippen LogP contribution is -2.49. The highest BCUT2D eigenvalue weighted by atomic mass is 79.9. The van der Waals surface area contributed by atoms with Gasteiger partial charge in [-0.15, -0.1) is 0 Å². The molecule has 0 bridgehead atoms. The second-order valence-corrected chi connectivity index (χ2v) is 7.82. The molecule has 0 aliphatic carbocycles. The van der Waals surface area contributed by atoms with Gasteiger partial charge >= 0.3 is 0 Å². The number of ether oxygens (including phenoxy) is 2. The predicted molar refractivity (Wildman–Crippen MR) is 123 cm³/mol. The maximum Gasteiger partial charge on any atom is 0.276 e. The second kappa shape index (κ2) is 11.5. The number of carbonyl (C=O) groups excluding carboxylic acids is 2. The molecule has 0 atom stereocenters. The number of halogens is 1. The van der Waals surface area contributed by atoms with Gasteiger partial charge in [-0.05, 0) is 84.3 Å². The van der Waals surface area contributed by atoms with Crippen LogP contribution in [-0.2, 0) is 11.2 Å². The molecule has 0 aliphatic rings. The van der Waals surface area contributed by atoms with Crippen LogP contribution in [0.3, 0.4) is 0 Å². The van der Waals surface area contributed by atoms with Gasteiger partial charge < -0.3 is 9.47 Å². The van der Waals surface area contributed by atoms with E-state index in [2.05, 4.69) is 39.0 Å². The lowest BCUT2D eigenvalue weighted by molar-refractivity contribution is -0.123. The number of hydrogen-bond acceptors (Lipinski definition) is 5. The van der Waals surface area contributed by atoms with E-state index in [0.29, 0.717) is 17.1 Å². The molecule has 2 aromatic rings. The van der Waals surface area contributed by atoms with Gasteiger partial charge in [0.1, 0.15) is 11.5 Å². The van der Waals surface area contributed by atoms with Crippen molar-refractivity contribution in [3.05, 3.63) is 58.1 Å². The van der Waals surface area contributed by atoms with Crippen molar-refractivity contribution in [2.75, 3.05) is 6.61 Å². The van der Waals surface area contributed by atoms with E-state index in [-0.39, 0.29) is 17.8 Å². The second-order valence-electron chi connectivity index (χ2n) is 6.56. The molecule has 0 aromatic heterocycles. The van der Waals surface area contributed by atoms with E-state index in [1.165, 1.54) is 0 Å². The van der Waals surface area contributed by atoms with Crippen molar-refractivity contribution < 1.29 is 19.1 Å². The van der Waals surface area contributed by atoms with Crippen molar-refractivity contribution in [3.8, 4) is 11.5 Å². The molecule has 0 saturated carbocycles. The molecule has 0 fully saturated rings. The molecule has 160 valence electrons. The first-order valence-electron chi connectivity index (χ1n) is 9.36. The Kier molecular flexibility index (Phi) is 9.07. The first kappa shape index (κ1) is 23.6. The standard InChI is InChI=1S/C21H24BrN3O4S/c1-4-14-8-9-18(17(22)10-14)28-12-19(26)24-25-21(30)23-20(27)15-6-5-7-16(11-15)29-13(2)3/h5-11,13H,4,12H2,1-3H3,(H,24,26)(H2,23,25,27,30). The molecule has 9 heteroatoms. The van der Waals surface area contributed by atoms with Crippen LogP contribution in [0.15, 0.2) is 46.9 Å². The summed E-state index contributed by atoms with van der Waals surface area (Å²) in [5.74, 6) is 0.263. The van der Waals surface area contributed by atoms with Crippen LogP contribution in [0.1, 0.15) is 36.7 Å². The van der Waals surface area contributed by atoms with Crippen LogP contribution in [0.5, 0.6) is 11.5 Å². The minimum Gasteiger partial charge on any atom is -0.491 e. The summed E-state index contributed by atoms with van der Waals surface area (Å²) in [5, 5.41) is 2.45. The summed E-state index contributed by atoms with van der Waals surface area (Å²) in [6.45, 7) is 5.63. The zero-order chi connectivity index (χ0) is 22.1. The Morgan fingerprint density at radius 3 is 2.57 bits per heavy atom. The molecule has 7 nitrogen and oxygen atoms in total. The zero-order valence-corrected chi connectivity index (χ0v) is 19.4. The summed E-state index contributed by atoms with van der Waals surface area (Å²) in [5.41, 5.74) is 6.39. The molecule has 30 heavy (non-hydrogen) atoms. The van der Waals surface area contributed by atoms with Gasteiger partial charge in [-0.25, -0.2) is 0 Å². The highest BCUT2D eigenvalue weighted by Crippen LogP contribution is 2.26. The Balaban J connectivity index is 1.78. The zero-order valence-electron chi connectivity index (χ0n) is 17.0. The van der Waals surface area contributed by atoms with Crippen molar-refractivity contribution in [2.45, 2.75) is 33.3 Å². The van der Waals surface area contributed by atoms with E-state index in [4.69, 9.17) is 21.7 Å². The van der Waals surface area contributed by atoms with Crippen molar-refractivity contribution in [1.29, 1.82) is 0 Å². The smallest absolute Gasteiger partial charge is 0.276 e. The lowest BCUT2D eigenvalue weighted by Gasteiger charge is -2.13. The van der Waals surface area contributed by atoms with E-state index in [0.717, 1.165) is 16.5 Å². The topological polar surface area (TPSA) is 88.7 Å². The van der Waals surface area contributed by atoms with E-state index in [1.807, 2.05) is 26.0 Å². The number of amides is 2. The number of thiocarbonyl (C=S) groups is 1. The summed E-state index contributed by atoms with van der Waals surface area (Å²) in [4.78, 5) is 24.3. The first-order chi connectivity index (χ1) is 14.3. The number of aryl methyl sites for hydroxylation is 1. The number of carbonyl (C=O) groups is 2. The summed E-state index contributed by atoms with van der Waals surface area (Å²) in [6.07, 6.45) is 0.898. The van der Waals surface area contributed by atoms with E-state index >= 15 is 0 Å². The average molecular weight is 494 g/mol. The minimum atomic E-state index is -0.453. The van der Waals surface area contributed by atoms with Gasteiger partial charge in [-0.2, -0.15) is 0 Å². The molecule has 2 rings (SSSR count). The largest absolute Gasteiger partial charge is 0.491 e. The summed E-state index contributed by atoms with van der Waals surface area (Å²) < 4.78 is 11.8. The van der Waals surface area contributed by atoms with Crippen LogP contribution in [-0.4, -0.2) is 29.6 Å². The molecule has 0 aliphatic heterocycles. The van der Waals surface area contributed by atoms with Gasteiger partial charge in [0.2, 0.25) is 0 Å². The van der Waals surface area contributed by atoms with Crippen LogP contribution in [0.2, 0.25) is 0 Å². The molecule has 2 amide bonds. The molecule has 0 heterocycles. The Morgan fingerprint density at radius 1 is 1.13 bits per heavy atom. The quantitative estimate of drug-likeness (QED) is 0.404. The van der Waals surface area contributed by atoms with E-state index in [1.54, 1.807) is 30.3 Å². The van der Waals surface area contributed by atoms with Gasteiger partial charge in [0.15, 0.2) is 11.7 Å². The fraction of sp³-hybridized carbons (Fsp3) is 0.286. The molecule has 0 spiro atoms. The number of rotatable bonds is 7. The lowest BCUT2D eigenvalue weighted by atomic mass is 10.2. The Bertz CT molecular complexity index is 921. The van der Waals surface area contributed by atoms with Crippen LogP contribution in [0.4, 0.5) is 0 Å². The fourth-order valence-electron chi connectivity index (χ4n) is 2.38. The highest BCUT2D eigenvalue weighted by molar-refractivity contribution is 9.10. The summed E-state index contributed by atoms with van der Waals surface area (Å²) in [6, 6.07) is 12.4. The van der Waals surface area contributed by atoms with Crippen LogP contribution < -0.4 is 25.6 Å². The number of hydrazine groups is 1. The van der Waals surface area contributed by atoms with Crippen molar-refractivity contribution in [2.24, 2.45) is 0 Å². The monoisotopic (exact) mass is 493 g/mol. The van der Waals surface area contributed by atoms with Gasteiger partial charge in [-0.1, -0.05) is 19.1 Å². The van der Waals surface area contributed by atoms with Crippen LogP contribution >= 0.6 is 28.1 Å². The van der Waals surface area contributed by atoms with Crippen molar-refractivity contribution >= 4 is 45.1 Å². The van der Waals surface area contributed by atoms with Crippen molar-refractivity contribution in [3.63, 3.8) is 0 Å². The third-order valence-electron chi connectivity index (χ3n) is 3.77. The van der Waals surface area contributed by atoms with E-state index in [9.17, 15) is 9.59 Å². The number of benzene rings is 2. The maximum atomic E-state index is 12.3. The normalized spacial score (nSPS) is 10.3. The fourth-order valence-corrected chi connectivity index (χ4v) is 3.06. The predicted octanol–water partition coefficient (Wildman–Crippen LogP) is 3.51. The van der Waals surface area contributed by atoms with Crippen molar-refractivity contribution in [1.82, 2.24) is 16.2 Å². The SMILES string of the molecule is CCc1ccc(OCC(=O)NNC(=S)NC(=O)c2cccc(OC(C)C)c2)c(Br)c1. The van der Waals surface area contributed by atoms with Crippen LogP contribution in [0, 0.1) is 0 Å². The third kappa shape index (κ3) is 7.64. The Labute approximate surface area is 189 Å². The van der Waals surface area contributed by atoms with Gasteiger partial charge in [0.05, 0.1) is 10.6 Å². The van der Waals surface area contributed by atoms with Gasteiger partial charge in [-0.3, -0.25) is 25.8 Å². The van der Waals surface area contributed by atoms with Gasteiger partial charge in [0.25, 0.3) is 11.8 Å². The molecule has 2 aromatic carbocycles. The molecule has 0 saturated heterocycles. The molecule has 3 N–H and O–H groups in total. The number of hydrogen-bond donors (Lipinski definition) is 3. The summed E-state index contributed by atoms with van der Waals surface area (Å²) in [7, 11) is 0. The molecular weight excluding hydrogens is 470 g/mol. The Morgan fingerprint density at radius 2 is 1.90 bits per heavy atom. The highest BCUT2D eigenvalue weighted by Gasteiger charge is 2.11. The van der Waals surface area contributed by atoms with Crippen LogP contribution in [0.25, 0.3) is 0 Å². The molecule has 0 unspecified atom stereocenters.